The van der Waals surface area contributed by atoms with Gasteiger partial charge in [-0.3, -0.25) is 4.79 Å². The Morgan fingerprint density at radius 1 is 0.931 bits per heavy atom. The molecule has 0 bridgehead atoms. The summed E-state index contributed by atoms with van der Waals surface area (Å²) in [5, 5.41) is 10.8. The molecule has 1 heterocycles. The van der Waals surface area contributed by atoms with Crippen molar-refractivity contribution in [1.82, 2.24) is 4.90 Å². The number of amides is 1. The second kappa shape index (κ2) is 7.84. The minimum absolute atomic E-state index is 0.185. The molecule has 0 saturated carbocycles. The van der Waals surface area contributed by atoms with Crippen molar-refractivity contribution in [2.24, 2.45) is 0 Å². The molecule has 4 heteroatoms. The highest BCUT2D eigenvalue weighted by Crippen LogP contribution is 2.43. The van der Waals surface area contributed by atoms with Crippen molar-refractivity contribution in [3.8, 4) is 5.75 Å². The van der Waals surface area contributed by atoms with E-state index in [-0.39, 0.29) is 17.7 Å². The summed E-state index contributed by atoms with van der Waals surface area (Å²) in [6, 6.07) is 25.0. The molecule has 3 aromatic rings. The summed E-state index contributed by atoms with van der Waals surface area (Å²) in [7, 11) is 1.63. The summed E-state index contributed by atoms with van der Waals surface area (Å²) in [6.07, 6.45) is 0. The first-order chi connectivity index (χ1) is 14.1. The van der Waals surface area contributed by atoms with Crippen LogP contribution in [0.5, 0.6) is 5.75 Å². The molecule has 0 radical (unpaired) electrons. The van der Waals surface area contributed by atoms with Gasteiger partial charge < -0.3 is 14.7 Å². The number of aliphatic hydroxyl groups excluding tert-OH is 1. The van der Waals surface area contributed by atoms with Crippen LogP contribution in [0.25, 0.3) is 5.57 Å². The van der Waals surface area contributed by atoms with E-state index in [1.165, 1.54) is 0 Å². The lowest BCUT2D eigenvalue weighted by Crippen LogP contribution is -2.29. The fraction of sp³-hybridized carbons (Fsp3) is 0.160. The summed E-state index contributed by atoms with van der Waals surface area (Å²) in [5.74, 6) is 0.225. The summed E-state index contributed by atoms with van der Waals surface area (Å²) < 4.78 is 5.23. The molecule has 4 rings (SSSR count). The molecule has 4 nitrogen and oxygen atoms in total. The molecule has 3 aromatic carbocycles. The van der Waals surface area contributed by atoms with Gasteiger partial charge >= 0.3 is 0 Å². The Morgan fingerprint density at radius 2 is 1.59 bits per heavy atom. The SMILES string of the molecule is COc1ccc(CN2C(=O)C(O)=C(c3ccccc3)C2c2ccc(C)cc2)cc1. The van der Waals surface area contributed by atoms with E-state index in [9.17, 15) is 9.90 Å². The Labute approximate surface area is 170 Å². The van der Waals surface area contributed by atoms with Crippen LogP contribution in [0.2, 0.25) is 0 Å². The number of nitrogens with zero attached hydrogens (tertiary/aromatic N) is 1. The van der Waals surface area contributed by atoms with E-state index in [4.69, 9.17) is 4.74 Å². The van der Waals surface area contributed by atoms with Crippen molar-refractivity contribution in [2.75, 3.05) is 7.11 Å². The normalized spacial score (nSPS) is 16.4. The van der Waals surface area contributed by atoms with Gasteiger partial charge in [-0.05, 0) is 35.7 Å². The van der Waals surface area contributed by atoms with E-state index < -0.39 is 0 Å². The van der Waals surface area contributed by atoms with Gasteiger partial charge in [-0.25, -0.2) is 0 Å². The highest BCUT2D eigenvalue weighted by molar-refractivity contribution is 6.05. The van der Waals surface area contributed by atoms with Gasteiger partial charge in [0.25, 0.3) is 5.91 Å². The Hall–Kier alpha value is -3.53. The van der Waals surface area contributed by atoms with E-state index in [1.54, 1.807) is 12.0 Å². The molecule has 1 aliphatic rings. The number of carbonyl (C=O) groups is 1. The van der Waals surface area contributed by atoms with Crippen LogP contribution >= 0.6 is 0 Å². The molecule has 1 atom stereocenters. The van der Waals surface area contributed by atoms with Crippen molar-refractivity contribution in [1.29, 1.82) is 0 Å². The highest BCUT2D eigenvalue weighted by atomic mass is 16.5. The van der Waals surface area contributed by atoms with Crippen LogP contribution in [0.4, 0.5) is 0 Å². The van der Waals surface area contributed by atoms with Crippen molar-refractivity contribution in [3.63, 3.8) is 0 Å². The third-order valence-electron chi connectivity index (χ3n) is 5.29. The first-order valence-electron chi connectivity index (χ1n) is 9.57. The third kappa shape index (κ3) is 3.61. The maximum atomic E-state index is 13.1. The zero-order valence-corrected chi connectivity index (χ0v) is 16.5. The quantitative estimate of drug-likeness (QED) is 0.668. The maximum absolute atomic E-state index is 13.1. The van der Waals surface area contributed by atoms with E-state index in [0.717, 1.165) is 28.0 Å². The molecule has 1 aliphatic heterocycles. The van der Waals surface area contributed by atoms with Gasteiger partial charge in [-0.2, -0.15) is 0 Å². The number of hydrogen-bond acceptors (Lipinski definition) is 3. The summed E-state index contributed by atoms with van der Waals surface area (Å²) in [4.78, 5) is 14.8. The molecule has 0 aliphatic carbocycles. The second-order valence-corrected chi connectivity index (χ2v) is 7.22. The van der Waals surface area contributed by atoms with E-state index in [0.29, 0.717) is 12.1 Å². The minimum Gasteiger partial charge on any atom is -0.503 e. The van der Waals surface area contributed by atoms with Gasteiger partial charge in [0, 0.05) is 12.1 Å². The van der Waals surface area contributed by atoms with Crippen molar-refractivity contribution in [3.05, 3.63) is 107 Å². The molecule has 1 amide bonds. The van der Waals surface area contributed by atoms with Crippen LogP contribution in [0, 0.1) is 6.92 Å². The summed E-state index contributed by atoms with van der Waals surface area (Å²) in [5.41, 5.74) is 4.59. The first-order valence-corrected chi connectivity index (χ1v) is 9.57. The molecule has 0 aromatic heterocycles. The van der Waals surface area contributed by atoms with Crippen LogP contribution in [-0.4, -0.2) is 23.0 Å². The van der Waals surface area contributed by atoms with Gasteiger partial charge in [0.05, 0.1) is 13.2 Å². The van der Waals surface area contributed by atoms with Gasteiger partial charge in [0.2, 0.25) is 0 Å². The minimum atomic E-state index is -0.356. The Morgan fingerprint density at radius 3 is 2.21 bits per heavy atom. The number of methoxy groups -OCH3 is 1. The predicted molar refractivity (Wildman–Crippen MR) is 113 cm³/mol. The number of carbonyl (C=O) groups excluding carboxylic acids is 1. The zero-order valence-electron chi connectivity index (χ0n) is 16.5. The van der Waals surface area contributed by atoms with Gasteiger partial charge in [-0.15, -0.1) is 0 Å². The Balaban J connectivity index is 1.77. The van der Waals surface area contributed by atoms with E-state index >= 15 is 0 Å². The first kappa shape index (κ1) is 18.8. The monoisotopic (exact) mass is 385 g/mol. The Bertz CT molecular complexity index is 1040. The third-order valence-corrected chi connectivity index (χ3v) is 5.29. The molecule has 0 spiro atoms. The molecule has 0 fully saturated rings. The molecule has 1 unspecified atom stereocenters. The van der Waals surface area contributed by atoms with Crippen molar-refractivity contribution in [2.45, 2.75) is 19.5 Å². The average Bonchev–Trinajstić information content (AvgIpc) is 3.00. The van der Waals surface area contributed by atoms with Crippen LogP contribution in [0.1, 0.15) is 28.3 Å². The molecular formula is C25H23NO3. The summed E-state index contributed by atoms with van der Waals surface area (Å²) >= 11 is 0. The fourth-order valence-electron chi connectivity index (χ4n) is 3.75. The molecular weight excluding hydrogens is 362 g/mol. The summed E-state index contributed by atoms with van der Waals surface area (Å²) in [6.45, 7) is 2.42. The topological polar surface area (TPSA) is 49.8 Å². The average molecular weight is 385 g/mol. The van der Waals surface area contributed by atoms with Crippen LogP contribution in [-0.2, 0) is 11.3 Å². The fourth-order valence-corrected chi connectivity index (χ4v) is 3.75. The van der Waals surface area contributed by atoms with Crippen LogP contribution in [0.15, 0.2) is 84.6 Å². The predicted octanol–water partition coefficient (Wildman–Crippen LogP) is 5.06. The number of benzene rings is 3. The number of aliphatic hydroxyl groups is 1. The smallest absolute Gasteiger partial charge is 0.290 e. The van der Waals surface area contributed by atoms with Crippen LogP contribution in [0.3, 0.4) is 0 Å². The lowest BCUT2D eigenvalue weighted by molar-refractivity contribution is -0.130. The van der Waals surface area contributed by atoms with Gasteiger partial charge in [0.15, 0.2) is 5.76 Å². The zero-order chi connectivity index (χ0) is 20.4. The van der Waals surface area contributed by atoms with Crippen molar-refractivity contribution >= 4 is 11.5 Å². The van der Waals surface area contributed by atoms with Gasteiger partial charge in [-0.1, -0.05) is 72.3 Å². The molecule has 1 N–H and O–H groups in total. The lowest BCUT2D eigenvalue weighted by Gasteiger charge is -2.27. The standard InChI is InChI=1S/C25H23NO3/c1-17-8-12-20(13-9-17)23-22(19-6-4-3-5-7-19)24(27)25(28)26(23)16-18-10-14-21(29-2)15-11-18/h3-15,23,27H,16H2,1-2H3. The number of hydrogen-bond donors (Lipinski definition) is 1. The second-order valence-electron chi connectivity index (χ2n) is 7.22. The molecule has 146 valence electrons. The molecule has 29 heavy (non-hydrogen) atoms. The van der Waals surface area contributed by atoms with Gasteiger partial charge in [0.1, 0.15) is 5.75 Å². The lowest BCUT2D eigenvalue weighted by atomic mass is 9.93. The number of ether oxygens (including phenoxy) is 1. The Kier molecular flexibility index (Phi) is 5.09. The number of rotatable bonds is 5. The largest absolute Gasteiger partial charge is 0.503 e. The maximum Gasteiger partial charge on any atom is 0.290 e. The number of aryl methyl sites for hydroxylation is 1. The molecule has 0 saturated heterocycles. The highest BCUT2D eigenvalue weighted by Gasteiger charge is 2.40. The van der Waals surface area contributed by atoms with E-state index in [2.05, 4.69) is 0 Å². The van der Waals surface area contributed by atoms with Crippen LogP contribution < -0.4 is 4.74 Å². The van der Waals surface area contributed by atoms with Crippen molar-refractivity contribution < 1.29 is 14.6 Å². The van der Waals surface area contributed by atoms with E-state index in [1.807, 2.05) is 85.8 Å².